The first-order valence-corrected chi connectivity index (χ1v) is 12.1. The molecule has 11 heteroatoms. The molecule has 7 nitrogen and oxygen atoms in total. The average molecular weight is 543 g/mol. The van der Waals surface area contributed by atoms with E-state index in [2.05, 4.69) is 10.4 Å². The van der Waals surface area contributed by atoms with Crippen molar-refractivity contribution in [3.8, 4) is 11.4 Å². The molecule has 0 aliphatic heterocycles. The number of ether oxygens (including phenoxy) is 1. The minimum Gasteiger partial charge on any atom is -0.485 e. The van der Waals surface area contributed by atoms with Crippen molar-refractivity contribution in [2.24, 2.45) is 0 Å². The van der Waals surface area contributed by atoms with Gasteiger partial charge in [-0.15, -0.1) is 0 Å². The molecule has 0 radical (unpaired) electrons. The summed E-state index contributed by atoms with van der Waals surface area (Å²) in [4.78, 5) is 26.2. The van der Waals surface area contributed by atoms with Crippen LogP contribution >= 0.6 is 0 Å². The van der Waals surface area contributed by atoms with Crippen LogP contribution in [-0.2, 0) is 6.18 Å². The number of nitrogens with one attached hydrogen (secondary N) is 1. The van der Waals surface area contributed by atoms with Gasteiger partial charge in [0, 0.05) is 17.8 Å². The summed E-state index contributed by atoms with van der Waals surface area (Å²) < 4.78 is 63.2. The van der Waals surface area contributed by atoms with E-state index in [1.807, 2.05) is 6.07 Å². The average Bonchev–Trinajstić information content (AvgIpc) is 3.18. The Morgan fingerprint density at radius 1 is 1.00 bits per heavy atom. The molecule has 1 aromatic heterocycles. The van der Waals surface area contributed by atoms with Crippen LogP contribution in [-0.4, -0.2) is 20.3 Å². The third-order valence-electron chi connectivity index (χ3n) is 6.04. The quantitative estimate of drug-likeness (QED) is 0.272. The summed E-state index contributed by atoms with van der Waals surface area (Å²) in [7, 11) is 0. The van der Waals surface area contributed by atoms with E-state index in [1.54, 1.807) is 52.0 Å². The molecule has 1 unspecified atom stereocenters. The lowest BCUT2D eigenvalue weighted by Gasteiger charge is -2.19. The lowest BCUT2D eigenvalue weighted by Crippen LogP contribution is -2.26. The van der Waals surface area contributed by atoms with Crippen molar-refractivity contribution in [2.45, 2.75) is 46.0 Å². The van der Waals surface area contributed by atoms with Crippen LogP contribution in [0.25, 0.3) is 5.69 Å². The number of carbonyl (C=O) groups is 1. The summed E-state index contributed by atoms with van der Waals surface area (Å²) in [5.41, 5.74) is -1.43. The highest BCUT2D eigenvalue weighted by molar-refractivity contribution is 6.06. The number of hydrogen-bond acceptors (Lipinski definition) is 4. The van der Waals surface area contributed by atoms with E-state index in [4.69, 9.17) is 4.74 Å². The molecule has 0 fully saturated rings. The Kier molecular flexibility index (Phi) is 7.62. The molecular formula is C28H26F4N4O3. The van der Waals surface area contributed by atoms with Crippen LogP contribution in [0.2, 0.25) is 0 Å². The van der Waals surface area contributed by atoms with E-state index >= 15 is 4.39 Å². The Hall–Kier alpha value is -4.41. The standard InChI is InChI=1S/C28H26F4N4O3/c1-16(2)35-18(4)34-36(27(35)38)24-15-25(39-17(3)19-9-6-5-7-10-19)22(14-23(24)29)26(37)33-21-12-8-11-20(13-21)28(30,31)32/h5-17H,1-4H3,(H,33,37). The van der Waals surface area contributed by atoms with Crippen LogP contribution in [0, 0.1) is 12.7 Å². The van der Waals surface area contributed by atoms with Crippen molar-refractivity contribution >= 4 is 11.6 Å². The maximum atomic E-state index is 15.4. The second-order valence-corrected chi connectivity index (χ2v) is 9.21. The number of amides is 1. The van der Waals surface area contributed by atoms with Gasteiger partial charge in [0.15, 0.2) is 0 Å². The Labute approximate surface area is 221 Å². The summed E-state index contributed by atoms with van der Waals surface area (Å²) in [6, 6.07) is 14.9. The number of carbonyl (C=O) groups excluding carboxylic acids is 1. The van der Waals surface area contributed by atoms with Gasteiger partial charge in [0.1, 0.15) is 29.2 Å². The van der Waals surface area contributed by atoms with E-state index < -0.39 is 35.3 Å². The van der Waals surface area contributed by atoms with Gasteiger partial charge in [0.2, 0.25) is 0 Å². The number of aryl methyl sites for hydroxylation is 1. The largest absolute Gasteiger partial charge is 0.485 e. The van der Waals surface area contributed by atoms with Gasteiger partial charge in [-0.25, -0.2) is 9.18 Å². The molecule has 1 N–H and O–H groups in total. The second kappa shape index (κ2) is 10.8. The fourth-order valence-corrected chi connectivity index (χ4v) is 4.16. The van der Waals surface area contributed by atoms with E-state index in [-0.39, 0.29) is 28.7 Å². The molecule has 0 saturated carbocycles. The minimum atomic E-state index is -4.61. The Balaban J connectivity index is 1.79. The lowest BCUT2D eigenvalue weighted by molar-refractivity contribution is -0.137. The van der Waals surface area contributed by atoms with Crippen molar-refractivity contribution < 1.29 is 27.1 Å². The topological polar surface area (TPSA) is 78.2 Å². The van der Waals surface area contributed by atoms with Gasteiger partial charge in [-0.3, -0.25) is 9.36 Å². The fraction of sp³-hybridized carbons (Fsp3) is 0.250. The zero-order chi connectivity index (χ0) is 28.5. The summed E-state index contributed by atoms with van der Waals surface area (Å²) in [5, 5.41) is 6.56. The van der Waals surface area contributed by atoms with Crippen LogP contribution in [0.5, 0.6) is 5.75 Å². The van der Waals surface area contributed by atoms with E-state index in [1.165, 1.54) is 16.7 Å². The number of hydrogen-bond donors (Lipinski definition) is 1. The van der Waals surface area contributed by atoms with Gasteiger partial charge in [-0.2, -0.15) is 23.0 Å². The van der Waals surface area contributed by atoms with Crippen molar-refractivity contribution in [1.82, 2.24) is 14.3 Å². The number of anilines is 1. The van der Waals surface area contributed by atoms with Crippen molar-refractivity contribution in [3.05, 3.63) is 106 Å². The molecule has 1 heterocycles. The molecule has 0 bridgehead atoms. The van der Waals surface area contributed by atoms with Crippen LogP contribution in [0.1, 0.15) is 60.2 Å². The Bertz CT molecular complexity index is 1560. The number of rotatable bonds is 7. The Morgan fingerprint density at radius 3 is 2.31 bits per heavy atom. The Morgan fingerprint density at radius 2 is 1.69 bits per heavy atom. The van der Waals surface area contributed by atoms with Gasteiger partial charge in [-0.1, -0.05) is 36.4 Å². The molecule has 0 saturated heterocycles. The molecule has 204 valence electrons. The summed E-state index contributed by atoms with van der Waals surface area (Å²) in [5.74, 6) is -1.57. The predicted octanol–water partition coefficient (Wildman–Crippen LogP) is 6.47. The number of alkyl halides is 3. The normalized spacial score (nSPS) is 12.4. The third kappa shape index (κ3) is 5.87. The molecule has 3 aromatic carbocycles. The zero-order valence-corrected chi connectivity index (χ0v) is 21.6. The molecule has 0 aliphatic carbocycles. The minimum absolute atomic E-state index is 0.0871. The summed E-state index contributed by atoms with van der Waals surface area (Å²) in [6.07, 6.45) is -5.21. The first kappa shape index (κ1) is 27.6. The summed E-state index contributed by atoms with van der Waals surface area (Å²) >= 11 is 0. The second-order valence-electron chi connectivity index (χ2n) is 9.21. The third-order valence-corrected chi connectivity index (χ3v) is 6.04. The maximum Gasteiger partial charge on any atom is 0.416 e. The number of halogens is 4. The van der Waals surface area contributed by atoms with E-state index in [0.29, 0.717) is 5.82 Å². The number of nitrogens with zero attached hydrogens (tertiary/aromatic N) is 3. The molecule has 0 aliphatic rings. The van der Waals surface area contributed by atoms with Crippen LogP contribution in [0.15, 0.2) is 71.5 Å². The van der Waals surface area contributed by atoms with Gasteiger partial charge in [0.05, 0.1) is 11.1 Å². The summed E-state index contributed by atoms with van der Waals surface area (Å²) in [6.45, 7) is 6.90. The zero-order valence-electron chi connectivity index (χ0n) is 21.6. The predicted molar refractivity (Wildman–Crippen MR) is 138 cm³/mol. The molecule has 1 amide bonds. The highest BCUT2D eigenvalue weighted by Gasteiger charge is 2.31. The van der Waals surface area contributed by atoms with Crippen molar-refractivity contribution in [1.29, 1.82) is 0 Å². The van der Waals surface area contributed by atoms with Crippen LogP contribution in [0.3, 0.4) is 0 Å². The van der Waals surface area contributed by atoms with Gasteiger partial charge >= 0.3 is 11.9 Å². The number of aromatic nitrogens is 3. The lowest BCUT2D eigenvalue weighted by atomic mass is 10.1. The van der Waals surface area contributed by atoms with Gasteiger partial charge in [0.25, 0.3) is 5.91 Å². The first-order chi connectivity index (χ1) is 18.4. The van der Waals surface area contributed by atoms with E-state index in [0.717, 1.165) is 34.5 Å². The highest BCUT2D eigenvalue weighted by atomic mass is 19.4. The highest BCUT2D eigenvalue weighted by Crippen LogP contribution is 2.33. The SMILES string of the molecule is Cc1nn(-c2cc(OC(C)c3ccccc3)c(C(=O)Nc3cccc(C(F)(F)F)c3)cc2F)c(=O)n1C(C)C. The van der Waals surface area contributed by atoms with Crippen molar-refractivity contribution in [3.63, 3.8) is 0 Å². The fourth-order valence-electron chi connectivity index (χ4n) is 4.16. The molecule has 4 aromatic rings. The molecular weight excluding hydrogens is 516 g/mol. The molecule has 1 atom stereocenters. The molecule has 0 spiro atoms. The number of benzene rings is 3. The van der Waals surface area contributed by atoms with Gasteiger partial charge in [-0.05, 0) is 57.5 Å². The van der Waals surface area contributed by atoms with Crippen LogP contribution < -0.4 is 15.7 Å². The molecule has 39 heavy (non-hydrogen) atoms. The van der Waals surface area contributed by atoms with Crippen LogP contribution in [0.4, 0.5) is 23.2 Å². The monoisotopic (exact) mass is 542 g/mol. The smallest absolute Gasteiger partial charge is 0.416 e. The maximum absolute atomic E-state index is 15.4. The van der Waals surface area contributed by atoms with Crippen molar-refractivity contribution in [2.75, 3.05) is 5.32 Å². The molecule has 4 rings (SSSR count). The van der Waals surface area contributed by atoms with E-state index in [9.17, 15) is 22.8 Å². The first-order valence-electron chi connectivity index (χ1n) is 12.1. The van der Waals surface area contributed by atoms with Gasteiger partial charge < -0.3 is 10.1 Å².